The van der Waals surface area contributed by atoms with E-state index in [0.717, 1.165) is 5.75 Å². The zero-order valence-electron chi connectivity index (χ0n) is 9.97. The minimum atomic E-state index is 0.479. The van der Waals surface area contributed by atoms with E-state index in [-0.39, 0.29) is 0 Å². The van der Waals surface area contributed by atoms with Crippen molar-refractivity contribution in [1.82, 2.24) is 4.57 Å². The summed E-state index contributed by atoms with van der Waals surface area (Å²) < 4.78 is 7.42. The maximum Gasteiger partial charge on any atom is 0.118 e. The number of ether oxygens (including phenoxy) is 1. The van der Waals surface area contributed by atoms with Crippen LogP contribution in [0.3, 0.4) is 0 Å². The highest BCUT2D eigenvalue weighted by Gasteiger charge is 2.06. The van der Waals surface area contributed by atoms with Crippen LogP contribution in [0, 0.1) is 0 Å². The molecule has 0 unspecified atom stereocenters. The van der Waals surface area contributed by atoms with Crippen LogP contribution in [0.15, 0.2) is 42.6 Å². The van der Waals surface area contributed by atoms with Crippen LogP contribution in [0.25, 0.3) is 11.3 Å². The molecule has 1 heterocycles. The average Bonchev–Trinajstić information content (AvgIpc) is 2.78. The molecule has 84 valence electrons. The minimum absolute atomic E-state index is 0.479. The predicted molar refractivity (Wildman–Crippen MR) is 66.8 cm³/mol. The average molecular weight is 215 g/mol. The summed E-state index contributed by atoms with van der Waals surface area (Å²) in [7, 11) is 1.69. The first kappa shape index (κ1) is 10.8. The Labute approximate surface area is 96.5 Å². The Balaban J connectivity index is 2.38. The van der Waals surface area contributed by atoms with Crippen LogP contribution in [0.5, 0.6) is 5.75 Å². The normalized spacial score (nSPS) is 10.8. The Morgan fingerprint density at radius 1 is 1.06 bits per heavy atom. The smallest absolute Gasteiger partial charge is 0.118 e. The topological polar surface area (TPSA) is 14.2 Å². The standard InChI is InChI=1S/C14H17NO/c1-11(2)15-10-4-5-14(15)12-6-8-13(16-3)9-7-12/h4-11H,1-3H3. The number of rotatable bonds is 3. The fourth-order valence-electron chi connectivity index (χ4n) is 1.85. The molecule has 16 heavy (non-hydrogen) atoms. The van der Waals surface area contributed by atoms with Gasteiger partial charge in [-0.1, -0.05) is 0 Å². The summed E-state index contributed by atoms with van der Waals surface area (Å²) >= 11 is 0. The van der Waals surface area contributed by atoms with Crippen LogP contribution in [0.2, 0.25) is 0 Å². The van der Waals surface area contributed by atoms with Crippen molar-refractivity contribution in [3.05, 3.63) is 42.6 Å². The molecule has 0 aliphatic carbocycles. The van der Waals surface area contributed by atoms with E-state index >= 15 is 0 Å². The Morgan fingerprint density at radius 3 is 2.31 bits per heavy atom. The fraction of sp³-hybridized carbons (Fsp3) is 0.286. The molecule has 0 atom stereocenters. The predicted octanol–water partition coefficient (Wildman–Crippen LogP) is 3.74. The van der Waals surface area contributed by atoms with Gasteiger partial charge < -0.3 is 9.30 Å². The van der Waals surface area contributed by atoms with Gasteiger partial charge in [-0.15, -0.1) is 0 Å². The third-order valence-corrected chi connectivity index (χ3v) is 2.72. The van der Waals surface area contributed by atoms with E-state index < -0.39 is 0 Å². The van der Waals surface area contributed by atoms with Crippen molar-refractivity contribution in [1.29, 1.82) is 0 Å². The maximum atomic E-state index is 5.16. The highest BCUT2D eigenvalue weighted by Crippen LogP contribution is 2.25. The third kappa shape index (κ3) is 1.96. The van der Waals surface area contributed by atoms with Crippen LogP contribution >= 0.6 is 0 Å². The molecule has 2 heteroatoms. The van der Waals surface area contributed by atoms with Crippen molar-refractivity contribution in [2.24, 2.45) is 0 Å². The molecule has 0 radical (unpaired) electrons. The first-order valence-electron chi connectivity index (χ1n) is 5.53. The summed E-state index contributed by atoms with van der Waals surface area (Å²) in [4.78, 5) is 0. The van der Waals surface area contributed by atoms with Crippen molar-refractivity contribution in [2.45, 2.75) is 19.9 Å². The highest BCUT2D eigenvalue weighted by molar-refractivity contribution is 5.61. The quantitative estimate of drug-likeness (QED) is 0.760. The maximum absolute atomic E-state index is 5.16. The van der Waals surface area contributed by atoms with E-state index in [1.807, 2.05) is 12.1 Å². The monoisotopic (exact) mass is 215 g/mol. The molecule has 2 nitrogen and oxygen atoms in total. The number of nitrogens with zero attached hydrogens (tertiary/aromatic N) is 1. The second kappa shape index (κ2) is 4.44. The Bertz CT molecular complexity index is 454. The largest absolute Gasteiger partial charge is 0.497 e. The molecule has 2 rings (SSSR count). The van der Waals surface area contributed by atoms with Crippen LogP contribution in [-0.4, -0.2) is 11.7 Å². The van der Waals surface area contributed by atoms with Crippen molar-refractivity contribution in [2.75, 3.05) is 7.11 Å². The molecular formula is C14H17NO. The summed E-state index contributed by atoms with van der Waals surface area (Å²) in [6, 6.07) is 12.9. The first-order valence-corrected chi connectivity index (χ1v) is 5.53. The molecule has 0 saturated heterocycles. The van der Waals surface area contributed by atoms with Gasteiger partial charge in [-0.3, -0.25) is 0 Å². The van der Waals surface area contributed by atoms with Crippen LogP contribution in [0.1, 0.15) is 19.9 Å². The molecule has 0 aliphatic heterocycles. The number of hydrogen-bond acceptors (Lipinski definition) is 1. The summed E-state index contributed by atoms with van der Waals surface area (Å²) in [5, 5.41) is 0. The van der Waals surface area contributed by atoms with E-state index in [0.29, 0.717) is 6.04 Å². The molecule has 0 fully saturated rings. The van der Waals surface area contributed by atoms with Gasteiger partial charge in [0, 0.05) is 17.9 Å². The number of aromatic nitrogens is 1. The SMILES string of the molecule is COc1ccc(-c2cccn2C(C)C)cc1. The highest BCUT2D eigenvalue weighted by atomic mass is 16.5. The molecule has 0 amide bonds. The number of benzene rings is 1. The zero-order valence-corrected chi connectivity index (χ0v) is 9.97. The van der Waals surface area contributed by atoms with E-state index in [1.54, 1.807) is 7.11 Å². The van der Waals surface area contributed by atoms with Crippen LogP contribution < -0.4 is 4.74 Å². The van der Waals surface area contributed by atoms with Gasteiger partial charge in [-0.2, -0.15) is 0 Å². The molecule has 0 saturated carbocycles. The van der Waals surface area contributed by atoms with Crippen molar-refractivity contribution in [3.63, 3.8) is 0 Å². The van der Waals surface area contributed by atoms with Gasteiger partial charge in [-0.05, 0) is 55.8 Å². The van der Waals surface area contributed by atoms with Gasteiger partial charge >= 0.3 is 0 Å². The Morgan fingerprint density at radius 2 is 1.75 bits per heavy atom. The van der Waals surface area contributed by atoms with Crippen molar-refractivity contribution in [3.8, 4) is 17.0 Å². The molecule has 0 bridgehead atoms. The molecular weight excluding hydrogens is 198 g/mol. The third-order valence-electron chi connectivity index (χ3n) is 2.72. The zero-order chi connectivity index (χ0) is 11.5. The van der Waals surface area contributed by atoms with E-state index in [1.165, 1.54) is 11.3 Å². The molecule has 0 spiro atoms. The van der Waals surface area contributed by atoms with Crippen molar-refractivity contribution >= 4 is 0 Å². The van der Waals surface area contributed by atoms with Gasteiger partial charge in [0.25, 0.3) is 0 Å². The summed E-state index contributed by atoms with van der Waals surface area (Å²) in [6.45, 7) is 4.38. The Hall–Kier alpha value is -1.70. The number of methoxy groups -OCH3 is 1. The molecule has 1 aromatic heterocycles. The van der Waals surface area contributed by atoms with Crippen LogP contribution in [0.4, 0.5) is 0 Å². The molecule has 2 aromatic rings. The van der Waals surface area contributed by atoms with Gasteiger partial charge in [0.05, 0.1) is 7.11 Å². The second-order valence-electron chi connectivity index (χ2n) is 4.12. The lowest BCUT2D eigenvalue weighted by Crippen LogP contribution is -2.00. The lowest BCUT2D eigenvalue weighted by Gasteiger charge is -2.13. The lowest BCUT2D eigenvalue weighted by molar-refractivity contribution is 0.415. The number of hydrogen-bond donors (Lipinski definition) is 0. The van der Waals surface area contributed by atoms with E-state index in [4.69, 9.17) is 4.74 Å². The Kier molecular flexibility index (Phi) is 3.00. The molecule has 0 aliphatic rings. The summed E-state index contributed by atoms with van der Waals surface area (Å²) in [5.41, 5.74) is 2.47. The van der Waals surface area contributed by atoms with Gasteiger partial charge in [0.1, 0.15) is 5.75 Å². The van der Waals surface area contributed by atoms with Crippen molar-refractivity contribution < 1.29 is 4.74 Å². The lowest BCUT2D eigenvalue weighted by atomic mass is 10.1. The van der Waals surface area contributed by atoms with E-state index in [2.05, 4.69) is 48.9 Å². The molecule has 1 aromatic carbocycles. The fourth-order valence-corrected chi connectivity index (χ4v) is 1.85. The minimum Gasteiger partial charge on any atom is -0.497 e. The van der Waals surface area contributed by atoms with E-state index in [9.17, 15) is 0 Å². The van der Waals surface area contributed by atoms with Crippen LogP contribution in [-0.2, 0) is 0 Å². The second-order valence-corrected chi connectivity index (χ2v) is 4.12. The van der Waals surface area contributed by atoms with Gasteiger partial charge in [-0.25, -0.2) is 0 Å². The van der Waals surface area contributed by atoms with Gasteiger partial charge in [0.2, 0.25) is 0 Å². The summed E-state index contributed by atoms with van der Waals surface area (Å²) in [6.07, 6.45) is 2.12. The summed E-state index contributed by atoms with van der Waals surface area (Å²) in [5.74, 6) is 0.895. The first-order chi connectivity index (χ1) is 7.72. The van der Waals surface area contributed by atoms with Gasteiger partial charge in [0.15, 0.2) is 0 Å². The molecule has 0 N–H and O–H groups in total.